The van der Waals surface area contributed by atoms with Crippen LogP contribution in [0.25, 0.3) is 0 Å². The van der Waals surface area contributed by atoms with Crippen molar-refractivity contribution in [3.63, 3.8) is 0 Å². The molecular formula is C13H17N5O2S2. The van der Waals surface area contributed by atoms with Crippen molar-refractivity contribution in [1.82, 2.24) is 20.3 Å². The highest BCUT2D eigenvalue weighted by atomic mass is 32.2. The molecule has 2 aromatic heterocycles. The third-order valence-electron chi connectivity index (χ3n) is 3.28. The Morgan fingerprint density at radius 1 is 1.50 bits per heavy atom. The summed E-state index contributed by atoms with van der Waals surface area (Å²) in [7, 11) is 0. The maximum atomic E-state index is 11.7. The largest absolute Gasteiger partial charge is 0.338 e. The Kier molecular flexibility index (Phi) is 4.44. The van der Waals surface area contributed by atoms with Crippen molar-refractivity contribution in [3.05, 3.63) is 11.7 Å². The van der Waals surface area contributed by atoms with Crippen molar-refractivity contribution in [2.24, 2.45) is 0 Å². The van der Waals surface area contributed by atoms with E-state index in [9.17, 15) is 4.79 Å². The van der Waals surface area contributed by atoms with Crippen LogP contribution in [0, 0.1) is 0 Å². The highest BCUT2D eigenvalue weighted by Gasteiger charge is 2.34. The summed E-state index contributed by atoms with van der Waals surface area (Å²) in [5, 5.41) is 12.9. The fourth-order valence-corrected chi connectivity index (χ4v) is 4.14. The summed E-state index contributed by atoms with van der Waals surface area (Å²) in [6.07, 6.45) is 2.83. The lowest BCUT2D eigenvalue weighted by atomic mass is 10.4. The topological polar surface area (TPSA) is 85.0 Å². The minimum atomic E-state index is 0.000281. The van der Waals surface area contributed by atoms with Gasteiger partial charge in [-0.15, -0.1) is 10.2 Å². The van der Waals surface area contributed by atoms with Crippen LogP contribution in [0.1, 0.15) is 50.6 Å². The van der Waals surface area contributed by atoms with Gasteiger partial charge in [-0.25, -0.2) is 0 Å². The van der Waals surface area contributed by atoms with Gasteiger partial charge in [-0.1, -0.05) is 35.2 Å². The van der Waals surface area contributed by atoms with E-state index in [1.807, 2.05) is 13.8 Å². The zero-order chi connectivity index (χ0) is 15.7. The average molecular weight is 339 g/mol. The Morgan fingerprint density at radius 2 is 2.27 bits per heavy atom. The standard InChI is InChI=1S/C13H17N5O2S2/c1-4-10-14-11(20-17-10)7(2)21-13-16-15-12(22-13)18(8(3)19)9-5-6-9/h7,9H,4-6H2,1-3H3. The summed E-state index contributed by atoms with van der Waals surface area (Å²) in [6.45, 7) is 5.54. The molecule has 0 aromatic carbocycles. The van der Waals surface area contributed by atoms with E-state index in [0.29, 0.717) is 22.9 Å². The number of amides is 1. The van der Waals surface area contributed by atoms with Crippen LogP contribution in [0.15, 0.2) is 8.86 Å². The molecule has 1 aliphatic rings. The molecule has 1 fully saturated rings. The Balaban J connectivity index is 1.69. The van der Waals surface area contributed by atoms with Crippen LogP contribution in [-0.2, 0) is 11.2 Å². The summed E-state index contributed by atoms with van der Waals surface area (Å²) in [6, 6.07) is 0.295. The monoisotopic (exact) mass is 339 g/mol. The van der Waals surface area contributed by atoms with E-state index >= 15 is 0 Å². The molecule has 2 aromatic rings. The Hall–Kier alpha value is -1.48. The van der Waals surface area contributed by atoms with Gasteiger partial charge in [0.15, 0.2) is 10.2 Å². The quantitative estimate of drug-likeness (QED) is 0.591. The second kappa shape index (κ2) is 6.33. The lowest BCUT2D eigenvalue weighted by Crippen LogP contribution is -2.30. The summed E-state index contributed by atoms with van der Waals surface area (Å²) in [4.78, 5) is 17.8. The molecule has 7 nitrogen and oxygen atoms in total. The van der Waals surface area contributed by atoms with Crippen molar-refractivity contribution < 1.29 is 9.32 Å². The number of rotatable bonds is 6. The third kappa shape index (κ3) is 3.30. The van der Waals surface area contributed by atoms with Crippen LogP contribution in [0.3, 0.4) is 0 Å². The first-order chi connectivity index (χ1) is 10.6. The van der Waals surface area contributed by atoms with Gasteiger partial charge in [0.2, 0.25) is 16.9 Å². The summed E-state index contributed by atoms with van der Waals surface area (Å²) >= 11 is 2.94. The first kappa shape index (κ1) is 15.4. The van der Waals surface area contributed by atoms with E-state index in [0.717, 1.165) is 23.6 Å². The number of aryl methyl sites for hydroxylation is 1. The molecule has 0 radical (unpaired) electrons. The highest BCUT2D eigenvalue weighted by Crippen LogP contribution is 2.40. The molecule has 1 atom stereocenters. The van der Waals surface area contributed by atoms with Crippen LogP contribution in [0.5, 0.6) is 0 Å². The zero-order valence-electron chi connectivity index (χ0n) is 12.6. The Bertz CT molecular complexity index is 667. The van der Waals surface area contributed by atoms with Crippen molar-refractivity contribution in [1.29, 1.82) is 0 Å². The number of thioether (sulfide) groups is 1. The smallest absolute Gasteiger partial charge is 0.239 e. The molecule has 1 amide bonds. The average Bonchev–Trinajstić information content (AvgIpc) is 3.01. The minimum absolute atomic E-state index is 0.000281. The lowest BCUT2D eigenvalue weighted by Gasteiger charge is -2.15. The predicted octanol–water partition coefficient (Wildman–Crippen LogP) is 2.85. The van der Waals surface area contributed by atoms with Gasteiger partial charge in [-0.05, 0) is 19.8 Å². The first-order valence-corrected chi connectivity index (χ1v) is 8.90. The molecule has 118 valence electrons. The molecule has 0 bridgehead atoms. The van der Waals surface area contributed by atoms with Crippen LogP contribution >= 0.6 is 23.1 Å². The number of hydrogen-bond acceptors (Lipinski definition) is 8. The highest BCUT2D eigenvalue weighted by molar-refractivity contribution is 8.01. The van der Waals surface area contributed by atoms with Gasteiger partial charge >= 0.3 is 0 Å². The summed E-state index contributed by atoms with van der Waals surface area (Å²) in [5.74, 6) is 1.31. The van der Waals surface area contributed by atoms with E-state index in [4.69, 9.17) is 4.52 Å². The maximum absolute atomic E-state index is 11.7. The zero-order valence-corrected chi connectivity index (χ0v) is 14.3. The molecule has 0 N–H and O–H groups in total. The van der Waals surface area contributed by atoms with E-state index in [1.54, 1.807) is 11.8 Å². The van der Waals surface area contributed by atoms with Crippen molar-refractivity contribution in [3.8, 4) is 0 Å². The first-order valence-electron chi connectivity index (χ1n) is 7.21. The Morgan fingerprint density at radius 3 is 2.86 bits per heavy atom. The van der Waals surface area contributed by atoms with Gasteiger partial charge in [0, 0.05) is 19.4 Å². The van der Waals surface area contributed by atoms with Gasteiger partial charge < -0.3 is 4.52 Å². The van der Waals surface area contributed by atoms with Gasteiger partial charge in [-0.2, -0.15) is 4.98 Å². The second-order valence-corrected chi connectivity index (χ2v) is 7.68. The molecule has 3 rings (SSSR count). The number of anilines is 1. The minimum Gasteiger partial charge on any atom is -0.338 e. The maximum Gasteiger partial charge on any atom is 0.239 e. The van der Waals surface area contributed by atoms with Gasteiger partial charge in [-0.3, -0.25) is 9.69 Å². The lowest BCUT2D eigenvalue weighted by molar-refractivity contribution is -0.116. The molecule has 0 saturated heterocycles. The Labute approximate surface area is 136 Å². The van der Waals surface area contributed by atoms with Gasteiger partial charge in [0.1, 0.15) is 0 Å². The summed E-state index contributed by atoms with van der Waals surface area (Å²) < 4.78 is 6.04. The normalized spacial score (nSPS) is 15.8. The fourth-order valence-electron chi connectivity index (χ4n) is 2.01. The molecule has 22 heavy (non-hydrogen) atoms. The number of hydrogen-bond donors (Lipinski definition) is 0. The number of aromatic nitrogens is 4. The van der Waals surface area contributed by atoms with Crippen molar-refractivity contribution in [2.75, 3.05) is 4.90 Å². The van der Waals surface area contributed by atoms with E-state index in [1.165, 1.54) is 23.1 Å². The van der Waals surface area contributed by atoms with Crippen LogP contribution < -0.4 is 4.90 Å². The van der Waals surface area contributed by atoms with E-state index < -0.39 is 0 Å². The van der Waals surface area contributed by atoms with Crippen LogP contribution in [0.2, 0.25) is 0 Å². The number of nitrogens with zero attached hydrogens (tertiary/aromatic N) is 5. The molecule has 1 unspecified atom stereocenters. The van der Waals surface area contributed by atoms with Crippen LogP contribution in [-0.4, -0.2) is 32.3 Å². The van der Waals surface area contributed by atoms with Crippen molar-refractivity contribution in [2.45, 2.75) is 55.7 Å². The summed E-state index contributed by atoms with van der Waals surface area (Å²) in [5.41, 5.74) is 0. The van der Waals surface area contributed by atoms with Gasteiger partial charge in [0.25, 0.3) is 0 Å². The second-order valence-electron chi connectivity index (χ2n) is 5.13. The molecule has 0 spiro atoms. The number of carbonyl (C=O) groups excluding carboxylic acids is 1. The van der Waals surface area contributed by atoms with Crippen LogP contribution in [0.4, 0.5) is 5.13 Å². The molecule has 1 saturated carbocycles. The molecular weight excluding hydrogens is 322 g/mol. The molecule has 9 heteroatoms. The predicted molar refractivity (Wildman–Crippen MR) is 84.0 cm³/mol. The molecule has 2 heterocycles. The van der Waals surface area contributed by atoms with E-state index in [2.05, 4.69) is 20.3 Å². The van der Waals surface area contributed by atoms with E-state index in [-0.39, 0.29) is 11.2 Å². The van der Waals surface area contributed by atoms with Crippen molar-refractivity contribution >= 4 is 34.1 Å². The SMILES string of the molecule is CCc1noc(C(C)Sc2nnc(N(C(C)=O)C3CC3)s2)n1. The number of carbonyl (C=O) groups is 1. The molecule has 0 aliphatic heterocycles. The fraction of sp³-hybridized carbons (Fsp3) is 0.615. The third-order valence-corrected chi connectivity index (χ3v) is 5.37. The van der Waals surface area contributed by atoms with Gasteiger partial charge in [0.05, 0.1) is 5.25 Å². The molecule has 1 aliphatic carbocycles.